The van der Waals surface area contributed by atoms with E-state index in [4.69, 9.17) is 0 Å². The van der Waals surface area contributed by atoms with E-state index in [-0.39, 0.29) is 18.4 Å². The molecule has 3 N–H and O–H groups in total. The summed E-state index contributed by atoms with van der Waals surface area (Å²) in [7, 11) is -1.40. The van der Waals surface area contributed by atoms with Gasteiger partial charge in [-0.2, -0.15) is 0 Å². The number of carbonyl (C=O) groups is 1. The molecule has 0 aromatic heterocycles. The lowest BCUT2D eigenvalue weighted by atomic mass is 10.1. The van der Waals surface area contributed by atoms with Gasteiger partial charge in [-0.15, -0.1) is 0 Å². The molecule has 0 aliphatic heterocycles. The highest BCUT2D eigenvalue weighted by molar-refractivity contribution is 7.88. The van der Waals surface area contributed by atoms with E-state index in [0.29, 0.717) is 12.2 Å². The molecule has 0 fully saturated rings. The lowest BCUT2D eigenvalue weighted by Crippen LogP contribution is -2.28. The summed E-state index contributed by atoms with van der Waals surface area (Å²) in [6.45, 7) is 2.70. The van der Waals surface area contributed by atoms with Gasteiger partial charge in [-0.1, -0.05) is 19.1 Å². The molecule has 7 heteroatoms. The third kappa shape index (κ3) is 6.14. The van der Waals surface area contributed by atoms with Crippen LogP contribution >= 0.6 is 0 Å². The summed E-state index contributed by atoms with van der Waals surface area (Å²) >= 11 is 0. The Bertz CT molecular complexity index is 540. The van der Waals surface area contributed by atoms with Crippen molar-refractivity contribution in [3.8, 4) is 0 Å². The van der Waals surface area contributed by atoms with E-state index in [2.05, 4.69) is 15.4 Å². The zero-order valence-corrected chi connectivity index (χ0v) is 12.8. The summed E-state index contributed by atoms with van der Waals surface area (Å²) in [5.74, 6) is -0.173. The van der Waals surface area contributed by atoms with Crippen LogP contribution < -0.4 is 15.4 Å². The molecule has 112 valence electrons. The molecular formula is C13H21N3O3S. The van der Waals surface area contributed by atoms with Crippen LogP contribution in [-0.2, 0) is 21.4 Å². The Morgan fingerprint density at radius 3 is 2.35 bits per heavy atom. The highest BCUT2D eigenvalue weighted by Crippen LogP contribution is 2.11. The van der Waals surface area contributed by atoms with Gasteiger partial charge in [0.2, 0.25) is 15.9 Å². The molecule has 1 rings (SSSR count). The van der Waals surface area contributed by atoms with Crippen LogP contribution in [0, 0.1) is 5.92 Å². The third-order valence-electron chi connectivity index (χ3n) is 2.72. The lowest BCUT2D eigenvalue weighted by Gasteiger charge is -2.12. The molecule has 0 radical (unpaired) electrons. The van der Waals surface area contributed by atoms with Crippen molar-refractivity contribution in [3.05, 3.63) is 29.8 Å². The van der Waals surface area contributed by atoms with E-state index in [1.165, 1.54) is 0 Å². The molecule has 1 atom stereocenters. The first-order valence-corrected chi connectivity index (χ1v) is 8.20. The van der Waals surface area contributed by atoms with Gasteiger partial charge in [-0.3, -0.25) is 4.79 Å². The maximum atomic E-state index is 11.8. The average Bonchev–Trinajstić information content (AvgIpc) is 2.37. The Kier molecular flexibility index (Phi) is 6.12. The van der Waals surface area contributed by atoms with Crippen LogP contribution in [0.1, 0.15) is 12.5 Å². The van der Waals surface area contributed by atoms with Crippen LogP contribution in [0.15, 0.2) is 24.3 Å². The van der Waals surface area contributed by atoms with E-state index < -0.39 is 10.0 Å². The minimum atomic E-state index is -3.20. The number of rotatable bonds is 7. The lowest BCUT2D eigenvalue weighted by molar-refractivity contribution is -0.119. The van der Waals surface area contributed by atoms with Gasteiger partial charge in [0.05, 0.1) is 6.26 Å². The van der Waals surface area contributed by atoms with Gasteiger partial charge in [0, 0.05) is 24.7 Å². The molecule has 6 nitrogen and oxygen atoms in total. The molecule has 0 saturated carbocycles. The van der Waals surface area contributed by atoms with Crippen LogP contribution in [0.25, 0.3) is 0 Å². The molecular weight excluding hydrogens is 278 g/mol. The van der Waals surface area contributed by atoms with Crippen molar-refractivity contribution < 1.29 is 13.2 Å². The smallest absolute Gasteiger partial charge is 0.228 e. The van der Waals surface area contributed by atoms with E-state index in [0.717, 1.165) is 11.8 Å². The summed E-state index contributed by atoms with van der Waals surface area (Å²) in [6.07, 6.45) is 1.12. The van der Waals surface area contributed by atoms with Gasteiger partial charge >= 0.3 is 0 Å². The van der Waals surface area contributed by atoms with Crippen molar-refractivity contribution in [1.82, 2.24) is 10.0 Å². The van der Waals surface area contributed by atoms with E-state index in [1.54, 1.807) is 31.3 Å². The van der Waals surface area contributed by atoms with Crippen molar-refractivity contribution in [2.45, 2.75) is 13.5 Å². The fourth-order valence-electron chi connectivity index (χ4n) is 1.58. The zero-order valence-electron chi connectivity index (χ0n) is 11.9. The monoisotopic (exact) mass is 299 g/mol. The van der Waals surface area contributed by atoms with E-state index >= 15 is 0 Å². The largest absolute Gasteiger partial charge is 0.326 e. The first kappa shape index (κ1) is 16.6. The third-order valence-corrected chi connectivity index (χ3v) is 3.39. The fraction of sp³-hybridized carbons (Fsp3) is 0.462. The van der Waals surface area contributed by atoms with Gasteiger partial charge in [-0.25, -0.2) is 13.1 Å². The zero-order chi connectivity index (χ0) is 15.2. The molecule has 1 aromatic carbocycles. The number of nitrogens with one attached hydrogen (secondary N) is 3. The number of carbonyl (C=O) groups excluding carboxylic acids is 1. The first-order valence-electron chi connectivity index (χ1n) is 6.31. The highest BCUT2D eigenvalue weighted by atomic mass is 32.2. The maximum Gasteiger partial charge on any atom is 0.228 e. The van der Waals surface area contributed by atoms with Crippen molar-refractivity contribution in [3.63, 3.8) is 0 Å². The minimum absolute atomic E-state index is 0.0543. The normalized spacial score (nSPS) is 12.9. The number of benzene rings is 1. The standard InChI is InChI=1S/C13H21N3O3S/c1-10(8-14-2)13(17)16-12-6-4-11(5-7-12)9-15-20(3,18)19/h4-7,10,14-15H,8-9H2,1-3H3,(H,16,17). The van der Waals surface area contributed by atoms with Crippen molar-refractivity contribution in [2.75, 3.05) is 25.2 Å². The minimum Gasteiger partial charge on any atom is -0.326 e. The number of amides is 1. The summed E-state index contributed by atoms with van der Waals surface area (Å²) in [6, 6.07) is 7.06. The molecule has 0 saturated heterocycles. The Balaban J connectivity index is 2.56. The molecule has 1 unspecified atom stereocenters. The second-order valence-corrected chi connectivity index (χ2v) is 6.57. The predicted octanol–water partition coefficient (Wildman–Crippen LogP) is 0.530. The molecule has 0 spiro atoms. The van der Waals surface area contributed by atoms with E-state index in [9.17, 15) is 13.2 Å². The van der Waals surface area contributed by atoms with Gasteiger partial charge in [0.1, 0.15) is 0 Å². The predicted molar refractivity (Wildman–Crippen MR) is 79.8 cm³/mol. The molecule has 0 bridgehead atoms. The topological polar surface area (TPSA) is 87.3 Å². The molecule has 1 aromatic rings. The number of sulfonamides is 1. The molecule has 0 aliphatic carbocycles. The Morgan fingerprint density at radius 1 is 1.25 bits per heavy atom. The van der Waals surface area contributed by atoms with Crippen LogP contribution in [-0.4, -0.2) is 34.2 Å². The molecule has 0 heterocycles. The van der Waals surface area contributed by atoms with Crippen LogP contribution in [0.5, 0.6) is 0 Å². The van der Waals surface area contributed by atoms with Gasteiger partial charge in [0.25, 0.3) is 0 Å². The van der Waals surface area contributed by atoms with Crippen LogP contribution in [0.3, 0.4) is 0 Å². The Morgan fingerprint density at radius 2 is 1.85 bits per heavy atom. The Labute approximate surface area is 120 Å². The highest BCUT2D eigenvalue weighted by Gasteiger charge is 2.11. The number of anilines is 1. The fourth-order valence-corrected chi connectivity index (χ4v) is 2.01. The second-order valence-electron chi connectivity index (χ2n) is 4.74. The summed E-state index contributed by atoms with van der Waals surface area (Å²) < 4.78 is 24.4. The molecule has 1 amide bonds. The van der Waals surface area contributed by atoms with Crippen molar-refractivity contribution >= 4 is 21.6 Å². The SMILES string of the molecule is CNCC(C)C(=O)Nc1ccc(CNS(C)(=O)=O)cc1. The Hall–Kier alpha value is -1.44. The van der Waals surface area contributed by atoms with Gasteiger partial charge < -0.3 is 10.6 Å². The number of hydrogen-bond donors (Lipinski definition) is 3. The number of hydrogen-bond acceptors (Lipinski definition) is 4. The summed E-state index contributed by atoms with van der Waals surface area (Å²) in [5, 5.41) is 5.76. The van der Waals surface area contributed by atoms with Crippen molar-refractivity contribution in [2.24, 2.45) is 5.92 Å². The quantitative estimate of drug-likeness (QED) is 0.685. The van der Waals surface area contributed by atoms with Crippen LogP contribution in [0.2, 0.25) is 0 Å². The van der Waals surface area contributed by atoms with Crippen LogP contribution in [0.4, 0.5) is 5.69 Å². The molecule has 0 aliphatic rings. The molecule has 20 heavy (non-hydrogen) atoms. The van der Waals surface area contributed by atoms with Gasteiger partial charge in [0.15, 0.2) is 0 Å². The van der Waals surface area contributed by atoms with Gasteiger partial charge in [-0.05, 0) is 24.7 Å². The second kappa shape index (κ2) is 7.37. The average molecular weight is 299 g/mol. The van der Waals surface area contributed by atoms with E-state index in [1.807, 2.05) is 6.92 Å². The maximum absolute atomic E-state index is 11.8. The first-order chi connectivity index (χ1) is 9.31. The summed E-state index contributed by atoms with van der Waals surface area (Å²) in [5.41, 5.74) is 1.53. The van der Waals surface area contributed by atoms with Crippen molar-refractivity contribution in [1.29, 1.82) is 0 Å². The summed E-state index contributed by atoms with van der Waals surface area (Å²) in [4.78, 5) is 11.8.